The maximum atomic E-state index is 11.2. The minimum absolute atomic E-state index is 0.709. The third-order valence-corrected chi connectivity index (χ3v) is 7.45. The van der Waals surface area contributed by atoms with Crippen molar-refractivity contribution < 1.29 is 10.2 Å². The molecule has 2 N–H and O–H groups in total. The highest BCUT2D eigenvalue weighted by molar-refractivity contribution is 5.78. The lowest BCUT2D eigenvalue weighted by Gasteiger charge is -2.29. The fourth-order valence-corrected chi connectivity index (χ4v) is 5.50. The van der Waals surface area contributed by atoms with Gasteiger partial charge in [-0.25, -0.2) is 0 Å². The molecule has 2 heteroatoms. The quantitative estimate of drug-likeness (QED) is 0.242. The lowest BCUT2D eigenvalue weighted by molar-refractivity contribution is 0.0759. The molecule has 206 valence electrons. The van der Waals surface area contributed by atoms with Crippen LogP contribution < -0.4 is 0 Å². The molecule has 2 aliphatic carbocycles. The minimum Gasteiger partial charge on any atom is -0.380 e. The number of hydrogen-bond acceptors (Lipinski definition) is 2. The van der Waals surface area contributed by atoms with E-state index < -0.39 is 11.2 Å². The van der Waals surface area contributed by atoms with Crippen LogP contribution in [0.15, 0.2) is 97.1 Å². The Morgan fingerprint density at radius 1 is 0.600 bits per heavy atom. The summed E-state index contributed by atoms with van der Waals surface area (Å²) in [5, 5.41) is 22.1. The molecule has 2 nitrogen and oxygen atoms in total. The molecule has 0 atom stereocenters. The van der Waals surface area contributed by atoms with Crippen LogP contribution >= 0.6 is 0 Å². The van der Waals surface area contributed by atoms with Crippen molar-refractivity contribution in [3.63, 3.8) is 0 Å². The molecule has 0 radical (unpaired) electrons. The number of aliphatic hydroxyl groups is 2. The molecule has 40 heavy (non-hydrogen) atoms. The second-order valence-corrected chi connectivity index (χ2v) is 9.39. The fourth-order valence-electron chi connectivity index (χ4n) is 5.50. The van der Waals surface area contributed by atoms with E-state index in [4.69, 9.17) is 6.42 Å². The zero-order chi connectivity index (χ0) is 29.2. The zero-order valence-electron chi connectivity index (χ0n) is 24.5. The predicted octanol–water partition coefficient (Wildman–Crippen LogP) is 8.52. The summed E-state index contributed by atoms with van der Waals surface area (Å²) < 4.78 is 0. The number of benzene rings is 4. The molecular formula is C38H42O2. The van der Waals surface area contributed by atoms with Gasteiger partial charge < -0.3 is 10.2 Å². The predicted molar refractivity (Wildman–Crippen MR) is 170 cm³/mol. The highest BCUT2D eigenvalue weighted by atomic mass is 16.3. The lowest BCUT2D eigenvalue weighted by atomic mass is 9.81. The van der Waals surface area contributed by atoms with E-state index in [0.717, 1.165) is 46.2 Å². The first-order valence-corrected chi connectivity index (χ1v) is 14.5. The van der Waals surface area contributed by atoms with Crippen molar-refractivity contribution in [2.75, 3.05) is 0 Å². The zero-order valence-corrected chi connectivity index (χ0v) is 24.5. The molecule has 4 aromatic carbocycles. The Hall–Kier alpha value is -3.90. The Bertz CT molecular complexity index is 1370. The lowest BCUT2D eigenvalue weighted by Crippen LogP contribution is -2.27. The standard InChI is InChI=1S/C17H18O.C17H12O.2C2H6/c2*1-2-17(18)15-9-5-3-7-13(15)11-12-14-8-4-6-10-16(14)17;2*1-2/h3-10,18H,2,11-12H2,1H3;1,3-12,18H;2*1-2H3. The molecule has 0 bridgehead atoms. The molecule has 2 aliphatic rings. The van der Waals surface area contributed by atoms with Gasteiger partial charge in [0.15, 0.2) is 5.60 Å². The van der Waals surface area contributed by atoms with Crippen molar-refractivity contribution >= 4 is 12.2 Å². The van der Waals surface area contributed by atoms with E-state index >= 15 is 0 Å². The average Bonchev–Trinajstić information content (AvgIpc) is 3.25. The molecule has 0 aliphatic heterocycles. The average molecular weight is 531 g/mol. The van der Waals surface area contributed by atoms with Gasteiger partial charge in [0.25, 0.3) is 0 Å². The summed E-state index contributed by atoms with van der Waals surface area (Å²) in [6.07, 6.45) is 12.3. The summed E-state index contributed by atoms with van der Waals surface area (Å²) in [7, 11) is 0. The highest BCUT2D eigenvalue weighted by Gasteiger charge is 2.35. The van der Waals surface area contributed by atoms with Gasteiger partial charge in [-0.15, -0.1) is 6.42 Å². The molecule has 0 saturated heterocycles. The van der Waals surface area contributed by atoms with Crippen molar-refractivity contribution in [1.82, 2.24) is 0 Å². The fraction of sp³-hybridized carbons (Fsp3) is 0.263. The molecule has 0 heterocycles. The molecule has 4 aromatic rings. The minimum atomic E-state index is -1.36. The van der Waals surface area contributed by atoms with Crippen LogP contribution in [0.3, 0.4) is 0 Å². The highest BCUT2D eigenvalue weighted by Crippen LogP contribution is 2.40. The van der Waals surface area contributed by atoms with Crippen molar-refractivity contribution in [3.05, 3.63) is 142 Å². The van der Waals surface area contributed by atoms with E-state index in [-0.39, 0.29) is 0 Å². The van der Waals surface area contributed by atoms with Crippen molar-refractivity contribution in [1.29, 1.82) is 0 Å². The van der Waals surface area contributed by atoms with Gasteiger partial charge in [-0.3, -0.25) is 0 Å². The first-order chi connectivity index (χ1) is 19.5. The Balaban J connectivity index is 0.000000196. The Morgan fingerprint density at radius 2 is 0.950 bits per heavy atom. The summed E-state index contributed by atoms with van der Waals surface area (Å²) in [5.74, 6) is 2.55. The van der Waals surface area contributed by atoms with Crippen LogP contribution in [-0.2, 0) is 24.0 Å². The van der Waals surface area contributed by atoms with E-state index in [1.165, 1.54) is 11.1 Å². The summed E-state index contributed by atoms with van der Waals surface area (Å²) in [6, 6.07) is 31.9. The molecule has 0 unspecified atom stereocenters. The number of fused-ring (bicyclic) bond motifs is 4. The summed E-state index contributed by atoms with van der Waals surface area (Å²) in [5.41, 5.74) is 5.94. The molecule has 0 spiro atoms. The van der Waals surface area contributed by atoms with Gasteiger partial charge in [-0.05, 0) is 52.6 Å². The monoisotopic (exact) mass is 530 g/mol. The maximum Gasteiger partial charge on any atom is 0.177 e. The summed E-state index contributed by atoms with van der Waals surface area (Å²) in [6.45, 7) is 10.1. The summed E-state index contributed by atoms with van der Waals surface area (Å²) in [4.78, 5) is 0. The number of rotatable bonds is 1. The second kappa shape index (κ2) is 13.9. The number of hydrogen-bond donors (Lipinski definition) is 2. The van der Waals surface area contributed by atoms with Crippen LogP contribution in [0.2, 0.25) is 0 Å². The molecule has 0 saturated carbocycles. The summed E-state index contributed by atoms with van der Waals surface area (Å²) >= 11 is 0. The Morgan fingerprint density at radius 3 is 1.32 bits per heavy atom. The Kier molecular flexibility index (Phi) is 10.7. The van der Waals surface area contributed by atoms with Gasteiger partial charge in [-0.1, -0.05) is 150 Å². The van der Waals surface area contributed by atoms with E-state index in [1.54, 1.807) is 0 Å². The van der Waals surface area contributed by atoms with Crippen LogP contribution in [-0.4, -0.2) is 10.2 Å². The van der Waals surface area contributed by atoms with Crippen molar-refractivity contribution in [2.24, 2.45) is 0 Å². The van der Waals surface area contributed by atoms with Gasteiger partial charge in [0.1, 0.15) is 5.60 Å². The topological polar surface area (TPSA) is 40.5 Å². The normalized spacial score (nSPS) is 14.6. The third-order valence-electron chi connectivity index (χ3n) is 7.45. The van der Waals surface area contributed by atoms with Crippen LogP contribution in [0.4, 0.5) is 0 Å². The third kappa shape index (κ3) is 5.82. The van der Waals surface area contributed by atoms with Crippen LogP contribution in [0.25, 0.3) is 12.2 Å². The Labute approximate surface area is 241 Å². The maximum absolute atomic E-state index is 11.2. The van der Waals surface area contributed by atoms with E-state index in [2.05, 4.69) is 49.2 Å². The number of terminal acetylenes is 1. The molecule has 0 amide bonds. The van der Waals surface area contributed by atoms with Crippen LogP contribution in [0, 0.1) is 12.3 Å². The van der Waals surface area contributed by atoms with Crippen LogP contribution in [0.5, 0.6) is 0 Å². The molecule has 0 aromatic heterocycles. The van der Waals surface area contributed by atoms with Gasteiger partial charge in [0.05, 0.1) is 0 Å². The smallest absolute Gasteiger partial charge is 0.177 e. The van der Waals surface area contributed by atoms with E-state index in [0.29, 0.717) is 6.42 Å². The largest absolute Gasteiger partial charge is 0.380 e. The van der Waals surface area contributed by atoms with Gasteiger partial charge >= 0.3 is 0 Å². The molecular weight excluding hydrogens is 488 g/mol. The van der Waals surface area contributed by atoms with E-state index in [1.807, 2.05) is 101 Å². The van der Waals surface area contributed by atoms with Crippen LogP contribution in [0.1, 0.15) is 85.5 Å². The van der Waals surface area contributed by atoms with Gasteiger partial charge in [-0.2, -0.15) is 0 Å². The van der Waals surface area contributed by atoms with Crippen molar-refractivity contribution in [2.45, 2.75) is 65.1 Å². The van der Waals surface area contributed by atoms with Crippen molar-refractivity contribution in [3.8, 4) is 12.3 Å². The van der Waals surface area contributed by atoms with Gasteiger partial charge in [0.2, 0.25) is 0 Å². The number of aryl methyl sites for hydroxylation is 2. The SMILES string of the molecule is C#CC1(O)c2ccccc2C=Cc2ccccc21.CC.CC.CCC1(O)c2ccccc2CCc2ccccc21. The van der Waals surface area contributed by atoms with E-state index in [9.17, 15) is 10.2 Å². The first-order valence-electron chi connectivity index (χ1n) is 14.5. The van der Waals surface area contributed by atoms with Gasteiger partial charge in [0, 0.05) is 11.1 Å². The molecule has 6 rings (SSSR count). The first kappa shape index (κ1) is 30.6. The molecule has 0 fully saturated rings. The second-order valence-electron chi connectivity index (χ2n) is 9.39.